The van der Waals surface area contributed by atoms with Crippen LogP contribution in [-0.4, -0.2) is 52.0 Å². The first-order chi connectivity index (χ1) is 17.8. The van der Waals surface area contributed by atoms with Crippen molar-refractivity contribution in [1.29, 1.82) is 0 Å². The second-order valence-corrected chi connectivity index (χ2v) is 9.57. The lowest BCUT2D eigenvalue weighted by atomic mass is 9.92. The first-order valence-electron chi connectivity index (χ1n) is 11.2. The summed E-state index contributed by atoms with van der Waals surface area (Å²) in [6.45, 7) is 0. The zero-order valence-corrected chi connectivity index (χ0v) is 20.4. The van der Waals surface area contributed by atoms with Gasteiger partial charge in [-0.2, -0.15) is 9.07 Å². The maximum Gasteiger partial charge on any atom is 0.247 e. The number of imidazole rings is 1. The summed E-state index contributed by atoms with van der Waals surface area (Å²) < 4.78 is 31.5. The van der Waals surface area contributed by atoms with Gasteiger partial charge in [-0.1, -0.05) is 23.2 Å². The smallest absolute Gasteiger partial charge is 0.247 e. The Kier molecular flexibility index (Phi) is 5.64. The molecule has 2 aliphatic rings. The van der Waals surface area contributed by atoms with E-state index in [1.54, 1.807) is 11.0 Å². The summed E-state index contributed by atoms with van der Waals surface area (Å²) in [6.07, 6.45) is 5.54. The SMILES string of the molecule is Nc1cc(-c2[nH]c([C@@H]3CC[C@@H]4CC(c5c(-n6cnnn6)ccc(Cl)c5F)=CC(=O)N43)nc2F)c(Cl)cn1. The summed E-state index contributed by atoms with van der Waals surface area (Å²) >= 11 is 12.3. The van der Waals surface area contributed by atoms with Crippen molar-refractivity contribution in [3.8, 4) is 16.9 Å². The van der Waals surface area contributed by atoms with Crippen LogP contribution in [0.25, 0.3) is 22.5 Å². The lowest BCUT2D eigenvalue weighted by molar-refractivity contribution is -0.129. The first-order valence-corrected chi connectivity index (χ1v) is 12.0. The van der Waals surface area contributed by atoms with E-state index in [1.165, 1.54) is 35.4 Å². The number of tetrazole rings is 1. The number of anilines is 1. The molecule has 0 saturated carbocycles. The predicted molar refractivity (Wildman–Crippen MR) is 131 cm³/mol. The number of nitrogens with one attached hydrogen (secondary N) is 1. The van der Waals surface area contributed by atoms with Crippen molar-refractivity contribution in [3.63, 3.8) is 0 Å². The van der Waals surface area contributed by atoms with Gasteiger partial charge in [0.1, 0.15) is 23.7 Å². The Morgan fingerprint density at radius 1 is 1.16 bits per heavy atom. The number of carbonyl (C=O) groups excluding carboxylic acids is 1. The maximum atomic E-state index is 15.3. The molecule has 6 rings (SSSR count). The van der Waals surface area contributed by atoms with E-state index in [-0.39, 0.29) is 44.9 Å². The number of H-pyrrole nitrogens is 1. The molecule has 0 bridgehead atoms. The summed E-state index contributed by atoms with van der Waals surface area (Å²) in [5.41, 5.74) is 7.11. The largest absolute Gasteiger partial charge is 0.384 e. The molecule has 2 atom stereocenters. The molecule has 1 saturated heterocycles. The van der Waals surface area contributed by atoms with Gasteiger partial charge >= 0.3 is 0 Å². The molecule has 1 aromatic carbocycles. The zero-order chi connectivity index (χ0) is 25.8. The van der Waals surface area contributed by atoms with Crippen LogP contribution in [0.5, 0.6) is 0 Å². The van der Waals surface area contributed by atoms with E-state index in [0.29, 0.717) is 36.1 Å². The van der Waals surface area contributed by atoms with Crippen LogP contribution in [0.15, 0.2) is 36.8 Å². The highest BCUT2D eigenvalue weighted by atomic mass is 35.5. The standard InChI is InChI=1S/C23H17Cl2F2N9O/c24-13-2-4-15(35-9-30-33-34-35)19(20(13)26)10-5-11-1-3-16(36(11)18(37)6-10)23-31-21(22(27)32-23)12-7-17(28)29-8-14(12)25/h2,4,6-9,11,16H,1,3,5H2,(H2,28,29)(H,31,32)/t11-,16+/m1/s1. The van der Waals surface area contributed by atoms with Gasteiger partial charge in [0.15, 0.2) is 5.82 Å². The third-order valence-corrected chi connectivity index (χ3v) is 7.23. The highest BCUT2D eigenvalue weighted by Gasteiger charge is 2.42. The van der Waals surface area contributed by atoms with Crippen molar-refractivity contribution < 1.29 is 13.6 Å². The number of nitrogen functional groups attached to an aromatic ring is 1. The Hall–Kier alpha value is -3.90. The number of nitrogens with two attached hydrogens (primary N) is 1. The molecular formula is C23H17Cl2F2N9O. The Bertz CT molecular complexity index is 1570. The molecule has 0 aliphatic carbocycles. The van der Waals surface area contributed by atoms with Gasteiger partial charge < -0.3 is 15.6 Å². The molecule has 3 aromatic heterocycles. The molecule has 1 amide bonds. The summed E-state index contributed by atoms with van der Waals surface area (Å²) in [5, 5.41) is 11.2. The summed E-state index contributed by atoms with van der Waals surface area (Å²) in [5.74, 6) is -1.31. The van der Waals surface area contributed by atoms with Gasteiger partial charge in [0.05, 0.1) is 21.8 Å². The van der Waals surface area contributed by atoms with Gasteiger partial charge in [-0.25, -0.2) is 14.4 Å². The van der Waals surface area contributed by atoms with Crippen molar-refractivity contribution in [1.82, 2.24) is 40.1 Å². The molecule has 0 radical (unpaired) electrons. The van der Waals surface area contributed by atoms with E-state index in [1.807, 2.05) is 0 Å². The molecule has 10 nitrogen and oxygen atoms in total. The van der Waals surface area contributed by atoms with Gasteiger partial charge in [0.2, 0.25) is 11.9 Å². The van der Waals surface area contributed by atoms with Crippen LogP contribution in [0.1, 0.15) is 36.7 Å². The van der Waals surface area contributed by atoms with Crippen molar-refractivity contribution in [3.05, 3.63) is 70.0 Å². The van der Waals surface area contributed by atoms with Crippen molar-refractivity contribution >= 4 is 40.5 Å². The lowest BCUT2D eigenvalue weighted by Crippen LogP contribution is -2.39. The van der Waals surface area contributed by atoms with Gasteiger partial charge in [-0.15, -0.1) is 5.10 Å². The molecule has 4 aromatic rings. The normalized spacial score (nSPS) is 19.3. The van der Waals surface area contributed by atoms with Crippen LogP contribution in [0, 0.1) is 11.8 Å². The van der Waals surface area contributed by atoms with Crippen molar-refractivity contribution in [2.24, 2.45) is 0 Å². The fourth-order valence-electron chi connectivity index (χ4n) is 5.06. The van der Waals surface area contributed by atoms with Gasteiger partial charge in [-0.05, 0) is 53.5 Å². The Morgan fingerprint density at radius 2 is 2.00 bits per heavy atom. The summed E-state index contributed by atoms with van der Waals surface area (Å²) in [6, 6.07) is 3.69. The Morgan fingerprint density at radius 3 is 2.78 bits per heavy atom. The van der Waals surface area contributed by atoms with Gasteiger partial charge in [0, 0.05) is 29.4 Å². The van der Waals surface area contributed by atoms with Gasteiger partial charge in [-0.3, -0.25) is 4.79 Å². The maximum absolute atomic E-state index is 15.3. The van der Waals surface area contributed by atoms with E-state index < -0.39 is 17.8 Å². The number of fused-ring (bicyclic) bond motifs is 1. The topological polar surface area (TPSA) is 132 Å². The number of benzene rings is 1. The number of aromatic nitrogens is 7. The van der Waals surface area contributed by atoms with E-state index in [0.717, 1.165) is 0 Å². The highest BCUT2D eigenvalue weighted by molar-refractivity contribution is 6.33. The number of hydrogen-bond acceptors (Lipinski definition) is 7. The second-order valence-electron chi connectivity index (χ2n) is 8.75. The quantitative estimate of drug-likeness (QED) is 0.395. The van der Waals surface area contributed by atoms with Crippen LogP contribution in [0.4, 0.5) is 14.6 Å². The monoisotopic (exact) mass is 543 g/mol. The van der Waals surface area contributed by atoms with Gasteiger partial charge in [0.25, 0.3) is 0 Å². The van der Waals surface area contributed by atoms with Crippen LogP contribution in [0.3, 0.4) is 0 Å². The third kappa shape index (κ3) is 3.92. The van der Waals surface area contributed by atoms with Crippen molar-refractivity contribution in [2.45, 2.75) is 31.3 Å². The molecule has 188 valence electrons. The minimum absolute atomic E-state index is 0.0605. The summed E-state index contributed by atoms with van der Waals surface area (Å²) in [4.78, 5) is 25.9. The van der Waals surface area contributed by atoms with E-state index in [4.69, 9.17) is 28.9 Å². The number of pyridine rings is 1. The number of halogens is 4. The lowest BCUT2D eigenvalue weighted by Gasteiger charge is -2.33. The van der Waals surface area contributed by atoms with Crippen LogP contribution < -0.4 is 5.73 Å². The van der Waals surface area contributed by atoms with Crippen molar-refractivity contribution in [2.75, 3.05) is 5.73 Å². The first kappa shape index (κ1) is 23.5. The highest BCUT2D eigenvalue weighted by Crippen LogP contribution is 2.44. The fourth-order valence-corrected chi connectivity index (χ4v) is 5.41. The van der Waals surface area contributed by atoms with Crippen LogP contribution in [-0.2, 0) is 4.79 Å². The number of hydrogen-bond donors (Lipinski definition) is 2. The molecular weight excluding hydrogens is 527 g/mol. The molecule has 14 heteroatoms. The minimum Gasteiger partial charge on any atom is -0.384 e. The van der Waals surface area contributed by atoms with E-state index in [9.17, 15) is 9.18 Å². The molecule has 3 N–H and O–H groups in total. The Balaban J connectivity index is 1.36. The number of amides is 1. The number of nitrogens with zero attached hydrogens (tertiary/aromatic N) is 7. The Labute approximate surface area is 218 Å². The minimum atomic E-state index is -0.765. The zero-order valence-electron chi connectivity index (χ0n) is 18.9. The van der Waals surface area contributed by atoms with E-state index in [2.05, 4.69) is 30.5 Å². The molecule has 5 heterocycles. The molecule has 0 unspecified atom stereocenters. The number of carbonyl (C=O) groups is 1. The van der Waals surface area contributed by atoms with Crippen LogP contribution >= 0.6 is 23.2 Å². The predicted octanol–water partition coefficient (Wildman–Crippen LogP) is 4.13. The third-order valence-electron chi connectivity index (χ3n) is 6.64. The second kappa shape index (κ2) is 8.89. The average Bonchev–Trinajstić information content (AvgIpc) is 3.62. The average molecular weight is 544 g/mol. The van der Waals surface area contributed by atoms with E-state index >= 15 is 4.39 Å². The molecule has 37 heavy (non-hydrogen) atoms. The fraction of sp³-hybridized carbons (Fsp3) is 0.217. The summed E-state index contributed by atoms with van der Waals surface area (Å²) in [7, 11) is 0. The van der Waals surface area contributed by atoms with Crippen LogP contribution in [0.2, 0.25) is 10.0 Å². The molecule has 0 spiro atoms. The molecule has 2 aliphatic heterocycles. The molecule has 1 fully saturated rings. The number of rotatable bonds is 4. The number of aromatic amines is 1.